The molecule has 178 valence electrons. The first-order chi connectivity index (χ1) is 16.7. The maximum absolute atomic E-state index is 13.6. The van der Waals surface area contributed by atoms with E-state index in [-0.39, 0.29) is 17.6 Å². The standard InChI is InChI=1S/C27H29N7O/c1-6-27(20-14-28-33-23(20)31-21-12-26(3,4)32-25(35)22(21)27)17-9-7-8-16(11-17)18-10-15(2)30-24-19(18)13-29-34(24)5/h7-11,13-14,23,31H,6,12H2,1-5H3,(H,32,35)/t23?,27-/m1/s1. The van der Waals surface area contributed by atoms with Gasteiger partial charge in [-0.3, -0.25) is 9.48 Å². The number of hydrogen-bond acceptors (Lipinski definition) is 6. The van der Waals surface area contributed by atoms with Gasteiger partial charge in [0.1, 0.15) is 0 Å². The maximum Gasteiger partial charge on any atom is 0.250 e. The third kappa shape index (κ3) is 3.08. The second-order valence-corrected chi connectivity index (χ2v) is 10.4. The number of amides is 1. The van der Waals surface area contributed by atoms with E-state index in [1.54, 1.807) is 4.68 Å². The number of pyridine rings is 1. The number of rotatable bonds is 3. The van der Waals surface area contributed by atoms with E-state index < -0.39 is 5.41 Å². The van der Waals surface area contributed by atoms with Crippen molar-refractivity contribution in [1.29, 1.82) is 0 Å². The van der Waals surface area contributed by atoms with E-state index >= 15 is 0 Å². The Morgan fingerprint density at radius 2 is 2.06 bits per heavy atom. The fourth-order valence-corrected chi connectivity index (χ4v) is 6.04. The van der Waals surface area contributed by atoms with Gasteiger partial charge in [-0.05, 0) is 56.0 Å². The van der Waals surface area contributed by atoms with Crippen LogP contribution in [0.5, 0.6) is 0 Å². The summed E-state index contributed by atoms with van der Waals surface area (Å²) in [7, 11) is 1.91. The molecule has 6 rings (SSSR count). The number of hydrogen-bond donors (Lipinski definition) is 2. The number of nitrogens with one attached hydrogen (secondary N) is 2. The quantitative estimate of drug-likeness (QED) is 0.596. The first kappa shape index (κ1) is 21.7. The Bertz CT molecular complexity index is 1490. The van der Waals surface area contributed by atoms with Gasteiger partial charge in [-0.2, -0.15) is 15.3 Å². The van der Waals surface area contributed by atoms with E-state index in [1.165, 1.54) is 0 Å². The second kappa shape index (κ2) is 7.34. The molecule has 3 aliphatic rings. The van der Waals surface area contributed by atoms with Gasteiger partial charge in [0, 0.05) is 41.4 Å². The molecule has 2 aromatic heterocycles. The Hall–Kier alpha value is -3.81. The zero-order chi connectivity index (χ0) is 24.5. The Balaban J connectivity index is 1.59. The molecule has 8 heteroatoms. The topological polar surface area (TPSA) is 96.6 Å². The van der Waals surface area contributed by atoms with E-state index in [2.05, 4.69) is 82.0 Å². The van der Waals surface area contributed by atoms with Gasteiger partial charge in [-0.1, -0.05) is 25.1 Å². The van der Waals surface area contributed by atoms with Crippen LogP contribution in [0.1, 0.15) is 44.9 Å². The number of nitrogens with zero attached hydrogens (tertiary/aromatic N) is 5. The molecule has 3 aliphatic heterocycles. The van der Waals surface area contributed by atoms with Crippen LogP contribution in [0.2, 0.25) is 0 Å². The fraction of sp³-hybridized carbons (Fsp3) is 0.370. The molecule has 0 bridgehead atoms. The highest BCUT2D eigenvalue weighted by Crippen LogP contribution is 2.51. The van der Waals surface area contributed by atoms with Crippen molar-refractivity contribution in [3.8, 4) is 11.1 Å². The van der Waals surface area contributed by atoms with Crippen molar-refractivity contribution in [3.63, 3.8) is 0 Å². The van der Waals surface area contributed by atoms with Gasteiger partial charge in [0.2, 0.25) is 0 Å². The highest BCUT2D eigenvalue weighted by molar-refractivity contribution is 6.00. The molecule has 1 unspecified atom stereocenters. The summed E-state index contributed by atoms with van der Waals surface area (Å²) < 4.78 is 1.80. The number of carbonyl (C=O) groups is 1. The van der Waals surface area contributed by atoms with Gasteiger partial charge < -0.3 is 10.6 Å². The van der Waals surface area contributed by atoms with Crippen LogP contribution in [0.3, 0.4) is 0 Å². The van der Waals surface area contributed by atoms with Crippen LogP contribution in [0.15, 0.2) is 69.8 Å². The van der Waals surface area contributed by atoms with Crippen LogP contribution >= 0.6 is 0 Å². The van der Waals surface area contributed by atoms with Crippen LogP contribution in [0.25, 0.3) is 22.2 Å². The molecule has 1 amide bonds. The maximum atomic E-state index is 13.6. The van der Waals surface area contributed by atoms with Gasteiger partial charge >= 0.3 is 0 Å². The van der Waals surface area contributed by atoms with Crippen molar-refractivity contribution in [3.05, 3.63) is 70.8 Å². The summed E-state index contributed by atoms with van der Waals surface area (Å²) in [6.45, 7) is 8.25. The van der Waals surface area contributed by atoms with Gasteiger partial charge in [-0.15, -0.1) is 0 Å². The lowest BCUT2D eigenvalue weighted by atomic mass is 9.62. The highest BCUT2D eigenvalue weighted by atomic mass is 16.2. The summed E-state index contributed by atoms with van der Waals surface area (Å²) in [4.78, 5) is 18.3. The highest BCUT2D eigenvalue weighted by Gasteiger charge is 2.53. The summed E-state index contributed by atoms with van der Waals surface area (Å²) in [5.74, 6) is -0.0309. The third-order valence-electron chi connectivity index (χ3n) is 7.53. The average Bonchev–Trinajstić information content (AvgIpc) is 3.43. The van der Waals surface area contributed by atoms with Gasteiger partial charge in [0.15, 0.2) is 11.8 Å². The lowest BCUT2D eigenvalue weighted by Crippen LogP contribution is -2.58. The van der Waals surface area contributed by atoms with Gasteiger partial charge in [0.25, 0.3) is 5.91 Å². The first-order valence-electron chi connectivity index (χ1n) is 12.1. The monoisotopic (exact) mass is 467 g/mol. The lowest BCUT2D eigenvalue weighted by molar-refractivity contribution is -0.120. The number of aryl methyl sites for hydroxylation is 2. The van der Waals surface area contributed by atoms with E-state index in [0.29, 0.717) is 6.42 Å². The predicted molar refractivity (Wildman–Crippen MR) is 134 cm³/mol. The van der Waals surface area contributed by atoms with E-state index in [9.17, 15) is 4.79 Å². The van der Waals surface area contributed by atoms with Gasteiger partial charge in [0.05, 0.1) is 23.4 Å². The van der Waals surface area contributed by atoms with Crippen molar-refractivity contribution in [2.75, 3.05) is 0 Å². The van der Waals surface area contributed by atoms with Crippen LogP contribution in [-0.4, -0.2) is 32.4 Å². The van der Waals surface area contributed by atoms with E-state index in [4.69, 9.17) is 0 Å². The minimum absolute atomic E-state index is 0.0309. The Morgan fingerprint density at radius 3 is 2.86 bits per heavy atom. The lowest BCUT2D eigenvalue weighted by Gasteiger charge is -2.48. The minimum Gasteiger partial charge on any atom is -0.362 e. The summed E-state index contributed by atoms with van der Waals surface area (Å²) in [5.41, 5.74) is 6.81. The zero-order valence-corrected chi connectivity index (χ0v) is 20.7. The van der Waals surface area contributed by atoms with Crippen molar-refractivity contribution in [2.45, 2.75) is 57.7 Å². The van der Waals surface area contributed by atoms with Crippen molar-refractivity contribution in [2.24, 2.45) is 17.3 Å². The number of fused-ring (bicyclic) bond motifs is 2. The number of carbonyl (C=O) groups excluding carboxylic acids is 1. The van der Waals surface area contributed by atoms with Gasteiger partial charge in [-0.25, -0.2) is 4.98 Å². The molecular weight excluding hydrogens is 438 g/mol. The molecule has 0 saturated heterocycles. The molecule has 0 fully saturated rings. The smallest absolute Gasteiger partial charge is 0.250 e. The molecule has 8 nitrogen and oxygen atoms in total. The molecule has 2 N–H and O–H groups in total. The number of benzene rings is 1. The molecule has 5 heterocycles. The van der Waals surface area contributed by atoms with Crippen molar-refractivity contribution >= 4 is 16.9 Å². The molecule has 3 aromatic rings. The fourth-order valence-electron chi connectivity index (χ4n) is 6.04. The Kier molecular flexibility index (Phi) is 4.55. The summed E-state index contributed by atoms with van der Waals surface area (Å²) in [5, 5.41) is 20.9. The summed E-state index contributed by atoms with van der Waals surface area (Å²) in [6.07, 6.45) is 4.88. The van der Waals surface area contributed by atoms with Crippen LogP contribution in [0, 0.1) is 6.92 Å². The van der Waals surface area contributed by atoms with E-state index in [0.717, 1.165) is 56.7 Å². The largest absolute Gasteiger partial charge is 0.362 e. The second-order valence-electron chi connectivity index (χ2n) is 10.4. The van der Waals surface area contributed by atoms with E-state index in [1.807, 2.05) is 26.4 Å². The van der Waals surface area contributed by atoms with Crippen LogP contribution in [0.4, 0.5) is 0 Å². The molecule has 0 aliphatic carbocycles. The molecule has 0 radical (unpaired) electrons. The predicted octanol–water partition coefficient (Wildman–Crippen LogP) is 4.42. The summed E-state index contributed by atoms with van der Waals surface area (Å²) >= 11 is 0. The molecule has 0 saturated carbocycles. The van der Waals surface area contributed by atoms with Crippen molar-refractivity contribution in [1.82, 2.24) is 25.4 Å². The first-order valence-corrected chi connectivity index (χ1v) is 12.1. The Morgan fingerprint density at radius 1 is 1.23 bits per heavy atom. The van der Waals surface area contributed by atoms with Crippen LogP contribution in [-0.2, 0) is 17.3 Å². The summed E-state index contributed by atoms with van der Waals surface area (Å²) in [6, 6.07) is 10.6. The molecule has 2 atom stereocenters. The molecule has 0 spiro atoms. The molecule has 35 heavy (non-hydrogen) atoms. The SMILES string of the molecule is CC[C@@]1(c2cccc(-c3cc(C)nc4c3cnn4C)c2)C2=CN=NC2NC2=C1C(=O)NC(C)(C)C2. The minimum atomic E-state index is -0.624. The third-order valence-corrected chi connectivity index (χ3v) is 7.53. The number of azo groups is 1. The van der Waals surface area contributed by atoms with Crippen LogP contribution < -0.4 is 10.6 Å². The van der Waals surface area contributed by atoms with Crippen molar-refractivity contribution < 1.29 is 4.79 Å². The normalized spacial score (nSPS) is 24.7. The average molecular weight is 468 g/mol. The zero-order valence-electron chi connectivity index (χ0n) is 20.7. The molecular formula is C27H29N7O. The Labute approximate surface area is 204 Å². The molecule has 1 aromatic carbocycles. The number of aromatic nitrogens is 3.